The van der Waals surface area contributed by atoms with E-state index in [-0.39, 0.29) is 18.0 Å². The smallest absolute Gasteiger partial charge is 0.241 e. The molecule has 0 amide bonds. The first-order valence-corrected chi connectivity index (χ1v) is 7.20. The number of nitrogens with one attached hydrogen (secondary N) is 1. The molecule has 0 bridgehead atoms. The zero-order valence-corrected chi connectivity index (χ0v) is 11.0. The van der Waals surface area contributed by atoms with Crippen LogP contribution in [0.15, 0.2) is 41.3 Å². The van der Waals surface area contributed by atoms with Crippen LogP contribution in [-0.2, 0) is 10.0 Å². The highest BCUT2D eigenvalue weighted by atomic mass is 35.5. The molecule has 0 aliphatic heterocycles. The summed E-state index contributed by atoms with van der Waals surface area (Å²) >= 11 is 6.03. The molecule has 96 valence electrons. The molecule has 0 atom stereocenters. The Morgan fingerprint density at radius 2 is 1.78 bits per heavy atom. The molecule has 6 heteroatoms. The molecule has 4 nitrogen and oxygen atoms in total. The van der Waals surface area contributed by atoms with E-state index < -0.39 is 10.0 Å². The Hall–Kier alpha value is -1.14. The van der Waals surface area contributed by atoms with Crippen molar-refractivity contribution in [3.8, 4) is 0 Å². The van der Waals surface area contributed by atoms with Gasteiger partial charge in [-0.2, -0.15) is 0 Å². The highest BCUT2D eigenvalue weighted by Gasteiger charge is 2.17. The first-order valence-electron chi connectivity index (χ1n) is 5.34. The maximum atomic E-state index is 12.1. The number of hydrogen-bond donors (Lipinski definition) is 2. The third-order valence-corrected chi connectivity index (χ3v) is 4.37. The van der Waals surface area contributed by atoms with Crippen LogP contribution in [0.25, 0.3) is 10.8 Å². The van der Waals surface area contributed by atoms with Crippen molar-refractivity contribution in [2.75, 3.05) is 13.2 Å². The molecule has 2 rings (SSSR count). The molecule has 2 aromatic carbocycles. The molecule has 0 saturated heterocycles. The van der Waals surface area contributed by atoms with Gasteiger partial charge in [0.15, 0.2) is 0 Å². The molecule has 0 fully saturated rings. The van der Waals surface area contributed by atoms with Crippen LogP contribution in [0.4, 0.5) is 0 Å². The predicted octanol–water partition coefficient (Wildman–Crippen LogP) is 1.76. The summed E-state index contributed by atoms with van der Waals surface area (Å²) in [5.74, 6) is 0. The van der Waals surface area contributed by atoms with Crippen molar-refractivity contribution >= 4 is 32.4 Å². The second kappa shape index (κ2) is 5.24. The van der Waals surface area contributed by atoms with Crippen molar-refractivity contribution in [2.45, 2.75) is 4.90 Å². The van der Waals surface area contributed by atoms with Crippen LogP contribution in [0.3, 0.4) is 0 Å². The second-order valence-electron chi connectivity index (χ2n) is 3.71. The number of halogens is 1. The van der Waals surface area contributed by atoms with E-state index in [4.69, 9.17) is 16.7 Å². The molecule has 0 aromatic heterocycles. The Balaban J connectivity index is 2.62. The number of benzene rings is 2. The molecule has 2 N–H and O–H groups in total. The van der Waals surface area contributed by atoms with Gasteiger partial charge in [0.1, 0.15) is 0 Å². The molecule has 18 heavy (non-hydrogen) atoms. The van der Waals surface area contributed by atoms with Crippen molar-refractivity contribution in [1.82, 2.24) is 4.72 Å². The van der Waals surface area contributed by atoms with Gasteiger partial charge in [0, 0.05) is 22.3 Å². The van der Waals surface area contributed by atoms with E-state index in [0.717, 1.165) is 0 Å². The van der Waals surface area contributed by atoms with Gasteiger partial charge in [-0.05, 0) is 12.1 Å². The average molecular weight is 286 g/mol. The number of rotatable bonds is 4. The summed E-state index contributed by atoms with van der Waals surface area (Å²) in [4.78, 5) is 0.163. The quantitative estimate of drug-likeness (QED) is 0.900. The molecule has 0 spiro atoms. The number of sulfonamides is 1. The van der Waals surface area contributed by atoms with Gasteiger partial charge in [-0.25, -0.2) is 13.1 Å². The SMILES string of the molecule is O=S(=O)(NCCO)c1ccc(Cl)c2ccccc12. The van der Waals surface area contributed by atoms with E-state index in [1.165, 1.54) is 6.07 Å². The summed E-state index contributed by atoms with van der Waals surface area (Å²) < 4.78 is 26.4. The lowest BCUT2D eigenvalue weighted by atomic mass is 10.1. The first kappa shape index (κ1) is 13.3. The lowest BCUT2D eigenvalue weighted by Crippen LogP contribution is -2.26. The first-order chi connectivity index (χ1) is 8.56. The lowest BCUT2D eigenvalue weighted by Gasteiger charge is -2.09. The molecular formula is C12H12ClNO3S. The van der Waals surface area contributed by atoms with Gasteiger partial charge in [0.05, 0.1) is 11.5 Å². The molecule has 0 heterocycles. The number of aliphatic hydroxyl groups is 1. The predicted molar refractivity (Wildman–Crippen MR) is 71.2 cm³/mol. The van der Waals surface area contributed by atoms with Crippen molar-refractivity contribution in [1.29, 1.82) is 0 Å². The van der Waals surface area contributed by atoms with E-state index in [2.05, 4.69) is 4.72 Å². The van der Waals surface area contributed by atoms with Gasteiger partial charge in [-0.15, -0.1) is 0 Å². The van der Waals surface area contributed by atoms with Gasteiger partial charge >= 0.3 is 0 Å². The van der Waals surface area contributed by atoms with Crippen LogP contribution in [0.1, 0.15) is 0 Å². The summed E-state index contributed by atoms with van der Waals surface area (Å²) in [6, 6.07) is 10.0. The zero-order valence-electron chi connectivity index (χ0n) is 9.43. The Morgan fingerprint density at radius 1 is 1.11 bits per heavy atom. The minimum atomic E-state index is -3.63. The van der Waals surface area contributed by atoms with E-state index >= 15 is 0 Å². The maximum absolute atomic E-state index is 12.1. The number of fused-ring (bicyclic) bond motifs is 1. The molecule has 0 unspecified atom stereocenters. The number of hydrogen-bond acceptors (Lipinski definition) is 3. The summed E-state index contributed by atoms with van der Waals surface area (Å²) in [6.45, 7) is -0.260. The van der Waals surface area contributed by atoms with E-state index in [1.54, 1.807) is 30.3 Å². The monoisotopic (exact) mass is 285 g/mol. The van der Waals surface area contributed by atoms with Gasteiger partial charge in [0.2, 0.25) is 10.0 Å². The van der Waals surface area contributed by atoms with Crippen LogP contribution < -0.4 is 4.72 Å². The van der Waals surface area contributed by atoms with Gasteiger partial charge < -0.3 is 5.11 Å². The molecule has 0 aliphatic carbocycles. The van der Waals surface area contributed by atoms with Crippen LogP contribution in [0.5, 0.6) is 0 Å². The zero-order chi connectivity index (χ0) is 13.2. The van der Waals surface area contributed by atoms with Crippen LogP contribution in [-0.4, -0.2) is 26.7 Å². The normalized spacial score (nSPS) is 11.9. The fourth-order valence-electron chi connectivity index (χ4n) is 1.73. The maximum Gasteiger partial charge on any atom is 0.241 e. The molecule has 0 aliphatic rings. The van der Waals surface area contributed by atoms with Crippen LogP contribution in [0, 0.1) is 0 Å². The fraction of sp³-hybridized carbons (Fsp3) is 0.167. The average Bonchev–Trinajstić information content (AvgIpc) is 2.37. The van der Waals surface area contributed by atoms with Crippen LogP contribution >= 0.6 is 11.6 Å². The van der Waals surface area contributed by atoms with Crippen molar-refractivity contribution in [2.24, 2.45) is 0 Å². The summed E-state index contributed by atoms with van der Waals surface area (Å²) in [7, 11) is -3.63. The topological polar surface area (TPSA) is 66.4 Å². The Labute approximate surface area is 110 Å². The Kier molecular flexibility index (Phi) is 3.87. The van der Waals surface area contributed by atoms with Gasteiger partial charge in [-0.1, -0.05) is 35.9 Å². The largest absolute Gasteiger partial charge is 0.395 e. The standard InChI is InChI=1S/C12H12ClNO3S/c13-11-5-6-12(18(16,17)14-7-8-15)10-4-2-1-3-9(10)11/h1-6,14-15H,7-8H2. The van der Waals surface area contributed by atoms with Crippen molar-refractivity contribution in [3.05, 3.63) is 41.4 Å². The van der Waals surface area contributed by atoms with Gasteiger partial charge in [0.25, 0.3) is 0 Å². The van der Waals surface area contributed by atoms with Gasteiger partial charge in [-0.3, -0.25) is 0 Å². The van der Waals surface area contributed by atoms with Crippen molar-refractivity contribution in [3.63, 3.8) is 0 Å². The summed E-state index contributed by atoms with van der Waals surface area (Å²) in [6.07, 6.45) is 0. The second-order valence-corrected chi connectivity index (χ2v) is 5.86. The third kappa shape index (κ3) is 2.49. The van der Waals surface area contributed by atoms with E-state index in [9.17, 15) is 8.42 Å². The highest BCUT2D eigenvalue weighted by Crippen LogP contribution is 2.28. The van der Waals surface area contributed by atoms with Crippen LogP contribution in [0.2, 0.25) is 5.02 Å². The lowest BCUT2D eigenvalue weighted by molar-refractivity contribution is 0.301. The Morgan fingerprint density at radius 3 is 2.44 bits per heavy atom. The molecular weight excluding hydrogens is 274 g/mol. The fourth-order valence-corrected chi connectivity index (χ4v) is 3.18. The van der Waals surface area contributed by atoms with E-state index in [1.807, 2.05) is 0 Å². The Bertz CT molecular complexity index is 670. The highest BCUT2D eigenvalue weighted by molar-refractivity contribution is 7.89. The van der Waals surface area contributed by atoms with Crippen molar-refractivity contribution < 1.29 is 13.5 Å². The molecule has 2 aromatic rings. The molecule has 0 radical (unpaired) electrons. The van der Waals surface area contributed by atoms with E-state index in [0.29, 0.717) is 15.8 Å². The summed E-state index contributed by atoms with van der Waals surface area (Å²) in [5, 5.41) is 10.4. The third-order valence-electron chi connectivity index (χ3n) is 2.52. The number of aliphatic hydroxyl groups excluding tert-OH is 1. The summed E-state index contributed by atoms with van der Waals surface area (Å²) in [5.41, 5.74) is 0. The molecule has 0 saturated carbocycles. The minimum Gasteiger partial charge on any atom is -0.395 e. The minimum absolute atomic E-state index is 0.0146.